The Kier molecular flexibility index (Phi) is 4.73. The number of amides is 1. The fourth-order valence-electron chi connectivity index (χ4n) is 3.19. The maximum absolute atomic E-state index is 12.2. The van der Waals surface area contributed by atoms with Gasteiger partial charge in [-0.1, -0.05) is 24.3 Å². The van der Waals surface area contributed by atoms with Gasteiger partial charge in [-0.25, -0.2) is 13.2 Å². The lowest BCUT2D eigenvalue weighted by Gasteiger charge is -2.23. The molecule has 144 valence electrons. The van der Waals surface area contributed by atoms with E-state index in [0.717, 1.165) is 6.07 Å². The summed E-state index contributed by atoms with van der Waals surface area (Å²) in [5, 5.41) is 23.5. The average molecular weight is 393 g/mol. The van der Waals surface area contributed by atoms with Gasteiger partial charge in [0.05, 0.1) is 17.0 Å². The standard InChI is InChI=1S/C18H19NO7S/c1-18(6-7-27(24,25)10-18)19-15(21)9-26-17(23)13-8-14(20)11-4-2-3-5-12(11)16(13)22/h2-5,8,20,22H,6-7,9-10H2,1H3,(H,19,21)/t18-/m0/s1. The first-order valence-electron chi connectivity index (χ1n) is 8.22. The third-order valence-corrected chi connectivity index (χ3v) is 6.40. The maximum Gasteiger partial charge on any atom is 0.342 e. The molecule has 1 heterocycles. The van der Waals surface area contributed by atoms with Crippen LogP contribution in [0.3, 0.4) is 0 Å². The second-order valence-corrected chi connectivity index (χ2v) is 9.05. The van der Waals surface area contributed by atoms with Gasteiger partial charge in [0.1, 0.15) is 17.1 Å². The Bertz CT molecular complexity index is 1030. The summed E-state index contributed by atoms with van der Waals surface area (Å²) < 4.78 is 28.0. The maximum atomic E-state index is 12.2. The van der Waals surface area contributed by atoms with Crippen molar-refractivity contribution in [2.45, 2.75) is 18.9 Å². The van der Waals surface area contributed by atoms with E-state index in [1.165, 1.54) is 6.07 Å². The summed E-state index contributed by atoms with van der Waals surface area (Å²) in [6, 6.07) is 7.51. The largest absolute Gasteiger partial charge is 0.507 e. The molecule has 3 rings (SSSR count). The number of fused-ring (bicyclic) bond motifs is 1. The van der Waals surface area contributed by atoms with E-state index in [2.05, 4.69) is 5.32 Å². The predicted molar refractivity (Wildman–Crippen MR) is 97.4 cm³/mol. The van der Waals surface area contributed by atoms with Gasteiger partial charge in [0, 0.05) is 10.8 Å². The van der Waals surface area contributed by atoms with E-state index in [4.69, 9.17) is 4.74 Å². The van der Waals surface area contributed by atoms with Crippen LogP contribution in [0.4, 0.5) is 0 Å². The number of carbonyl (C=O) groups is 2. The summed E-state index contributed by atoms with van der Waals surface area (Å²) in [7, 11) is -3.19. The average Bonchev–Trinajstić information content (AvgIpc) is 2.88. The minimum Gasteiger partial charge on any atom is -0.507 e. The summed E-state index contributed by atoms with van der Waals surface area (Å²) in [6.45, 7) is 0.978. The Hall–Kier alpha value is -2.81. The molecule has 0 bridgehead atoms. The minimum absolute atomic E-state index is 0.00614. The zero-order valence-electron chi connectivity index (χ0n) is 14.6. The second kappa shape index (κ2) is 6.73. The molecule has 8 nitrogen and oxygen atoms in total. The van der Waals surface area contributed by atoms with Crippen LogP contribution in [0.25, 0.3) is 10.8 Å². The van der Waals surface area contributed by atoms with E-state index in [1.807, 2.05) is 0 Å². The Morgan fingerprint density at radius 2 is 1.89 bits per heavy atom. The highest BCUT2D eigenvalue weighted by molar-refractivity contribution is 7.91. The van der Waals surface area contributed by atoms with Crippen LogP contribution in [0.1, 0.15) is 23.7 Å². The zero-order chi connectivity index (χ0) is 19.8. The first kappa shape index (κ1) is 19.0. The molecule has 1 aliphatic heterocycles. The molecule has 0 unspecified atom stereocenters. The lowest BCUT2D eigenvalue weighted by molar-refractivity contribution is -0.125. The zero-order valence-corrected chi connectivity index (χ0v) is 15.4. The fourth-order valence-corrected chi connectivity index (χ4v) is 5.28. The first-order valence-corrected chi connectivity index (χ1v) is 10.0. The molecular weight excluding hydrogens is 374 g/mol. The Morgan fingerprint density at radius 1 is 1.22 bits per heavy atom. The smallest absolute Gasteiger partial charge is 0.342 e. The van der Waals surface area contributed by atoms with E-state index < -0.39 is 33.9 Å². The van der Waals surface area contributed by atoms with Crippen LogP contribution in [0, 0.1) is 0 Å². The van der Waals surface area contributed by atoms with Crippen molar-refractivity contribution in [2.24, 2.45) is 0 Å². The molecular formula is C18H19NO7S. The van der Waals surface area contributed by atoms with E-state index in [1.54, 1.807) is 25.1 Å². The molecule has 1 fully saturated rings. The molecule has 1 aliphatic rings. The SMILES string of the molecule is C[C@]1(NC(=O)COC(=O)c2cc(O)c3ccccc3c2O)CCS(=O)(=O)C1. The van der Waals surface area contributed by atoms with Crippen LogP contribution in [0.15, 0.2) is 30.3 Å². The van der Waals surface area contributed by atoms with Gasteiger partial charge in [-0.15, -0.1) is 0 Å². The number of ether oxygens (including phenoxy) is 1. The number of aromatic hydroxyl groups is 2. The summed E-state index contributed by atoms with van der Waals surface area (Å²) in [5.41, 5.74) is -1.17. The highest BCUT2D eigenvalue weighted by Gasteiger charge is 2.39. The second-order valence-electron chi connectivity index (χ2n) is 6.86. The number of nitrogens with one attached hydrogen (secondary N) is 1. The fraction of sp³-hybridized carbons (Fsp3) is 0.333. The van der Waals surface area contributed by atoms with Crippen LogP contribution in [0.5, 0.6) is 11.5 Å². The molecule has 2 aromatic rings. The molecule has 3 N–H and O–H groups in total. The molecule has 0 aliphatic carbocycles. The third kappa shape index (κ3) is 3.97. The first-order chi connectivity index (χ1) is 12.6. The van der Waals surface area contributed by atoms with Crippen molar-refractivity contribution in [3.8, 4) is 11.5 Å². The molecule has 0 spiro atoms. The molecule has 1 amide bonds. The number of hydrogen-bond donors (Lipinski definition) is 3. The molecule has 27 heavy (non-hydrogen) atoms. The van der Waals surface area contributed by atoms with Crippen molar-refractivity contribution in [3.05, 3.63) is 35.9 Å². The van der Waals surface area contributed by atoms with Crippen molar-refractivity contribution in [1.82, 2.24) is 5.32 Å². The Labute approximate surface area is 155 Å². The van der Waals surface area contributed by atoms with Crippen LogP contribution >= 0.6 is 0 Å². The molecule has 2 aromatic carbocycles. The van der Waals surface area contributed by atoms with Crippen molar-refractivity contribution < 1.29 is 33.0 Å². The van der Waals surface area contributed by atoms with E-state index >= 15 is 0 Å². The molecule has 0 saturated carbocycles. The third-order valence-electron chi connectivity index (χ3n) is 4.49. The molecule has 9 heteroatoms. The number of esters is 1. The molecule has 1 saturated heterocycles. The lowest BCUT2D eigenvalue weighted by atomic mass is 10.0. The number of phenols is 2. The normalized spacial score (nSPS) is 21.1. The number of sulfone groups is 1. The Morgan fingerprint density at radius 3 is 2.52 bits per heavy atom. The minimum atomic E-state index is -3.19. The van der Waals surface area contributed by atoms with Gasteiger partial charge in [0.15, 0.2) is 16.4 Å². The van der Waals surface area contributed by atoms with Crippen molar-refractivity contribution in [2.75, 3.05) is 18.1 Å². The molecule has 0 aromatic heterocycles. The number of phenolic OH excluding ortho intramolecular Hbond substituents is 2. The van der Waals surface area contributed by atoms with Crippen LogP contribution in [-0.2, 0) is 19.4 Å². The van der Waals surface area contributed by atoms with Crippen molar-refractivity contribution in [1.29, 1.82) is 0 Å². The van der Waals surface area contributed by atoms with Crippen molar-refractivity contribution in [3.63, 3.8) is 0 Å². The topological polar surface area (TPSA) is 130 Å². The van der Waals surface area contributed by atoms with Crippen molar-refractivity contribution >= 4 is 32.5 Å². The monoisotopic (exact) mass is 393 g/mol. The Balaban J connectivity index is 1.69. The van der Waals surface area contributed by atoms with Gasteiger partial charge in [-0.05, 0) is 19.4 Å². The van der Waals surface area contributed by atoms with Crippen LogP contribution in [0.2, 0.25) is 0 Å². The van der Waals surface area contributed by atoms with E-state index in [-0.39, 0.29) is 40.4 Å². The number of benzene rings is 2. The predicted octanol–water partition coefficient (Wildman–Crippen LogP) is 1.10. The highest BCUT2D eigenvalue weighted by atomic mass is 32.2. The summed E-state index contributed by atoms with van der Waals surface area (Å²) in [5.74, 6) is -2.36. The van der Waals surface area contributed by atoms with E-state index in [0.29, 0.717) is 5.39 Å². The van der Waals surface area contributed by atoms with E-state index in [9.17, 15) is 28.2 Å². The molecule has 0 radical (unpaired) electrons. The van der Waals surface area contributed by atoms with Gasteiger partial charge in [-0.3, -0.25) is 4.79 Å². The van der Waals surface area contributed by atoms with Gasteiger partial charge in [0.25, 0.3) is 5.91 Å². The van der Waals surface area contributed by atoms with Gasteiger partial charge < -0.3 is 20.3 Å². The van der Waals surface area contributed by atoms with Gasteiger partial charge in [-0.2, -0.15) is 0 Å². The van der Waals surface area contributed by atoms with Gasteiger partial charge >= 0.3 is 5.97 Å². The summed E-state index contributed by atoms with van der Waals surface area (Å²) in [4.78, 5) is 24.2. The summed E-state index contributed by atoms with van der Waals surface area (Å²) >= 11 is 0. The lowest BCUT2D eigenvalue weighted by Crippen LogP contribution is -2.48. The van der Waals surface area contributed by atoms with Crippen LogP contribution < -0.4 is 5.32 Å². The number of rotatable bonds is 4. The number of hydrogen-bond acceptors (Lipinski definition) is 7. The van der Waals surface area contributed by atoms with Crippen LogP contribution in [-0.4, -0.2) is 54.2 Å². The quantitative estimate of drug-likeness (QED) is 0.524. The molecule has 1 atom stereocenters. The summed E-state index contributed by atoms with van der Waals surface area (Å²) in [6.07, 6.45) is 0.286. The highest BCUT2D eigenvalue weighted by Crippen LogP contribution is 2.35. The van der Waals surface area contributed by atoms with Gasteiger partial charge in [0.2, 0.25) is 0 Å². The number of carbonyl (C=O) groups excluding carboxylic acids is 2.